The Hall–Kier alpha value is -2.37. The molecule has 104 valence electrons. The van der Waals surface area contributed by atoms with Gasteiger partial charge >= 0.3 is 0 Å². The summed E-state index contributed by atoms with van der Waals surface area (Å²) in [4.78, 5) is 34.5. The van der Waals surface area contributed by atoms with Crippen LogP contribution in [0.25, 0.3) is 11.0 Å². The van der Waals surface area contributed by atoms with E-state index in [1.165, 1.54) is 0 Å². The van der Waals surface area contributed by atoms with Crippen LogP contribution in [0.1, 0.15) is 17.4 Å². The van der Waals surface area contributed by atoms with E-state index in [9.17, 15) is 9.59 Å². The molecule has 3 heterocycles. The van der Waals surface area contributed by atoms with E-state index in [-0.39, 0.29) is 11.8 Å². The molecule has 0 radical (unpaired) electrons. The smallest absolute Gasteiger partial charge is 0.270 e. The number of aromatic amines is 1. The van der Waals surface area contributed by atoms with Crippen LogP contribution >= 0.6 is 0 Å². The van der Waals surface area contributed by atoms with Crippen LogP contribution in [0.4, 0.5) is 0 Å². The third kappa shape index (κ3) is 2.24. The molecule has 3 rings (SSSR count). The number of aromatic nitrogens is 2. The number of carbonyl (C=O) groups excluding carboxylic acids is 2. The van der Waals surface area contributed by atoms with Crippen molar-refractivity contribution in [2.24, 2.45) is 0 Å². The number of amides is 2. The molecule has 1 saturated heterocycles. The maximum atomic E-state index is 12.4. The van der Waals surface area contributed by atoms with Gasteiger partial charge in [-0.05, 0) is 18.2 Å². The summed E-state index contributed by atoms with van der Waals surface area (Å²) in [7, 11) is 0. The summed E-state index contributed by atoms with van der Waals surface area (Å²) in [5.74, 6) is 0.0260. The zero-order valence-electron chi connectivity index (χ0n) is 11.3. The predicted octanol–water partition coefficient (Wildman–Crippen LogP) is 0.867. The van der Waals surface area contributed by atoms with Gasteiger partial charge in [0, 0.05) is 39.3 Å². The summed E-state index contributed by atoms with van der Waals surface area (Å²) >= 11 is 0. The summed E-state index contributed by atoms with van der Waals surface area (Å²) in [6.07, 6.45) is 1.70. The number of pyridine rings is 1. The number of carbonyl (C=O) groups is 2. The first-order valence-electron chi connectivity index (χ1n) is 6.63. The molecule has 2 aromatic rings. The fraction of sp³-hybridized carbons (Fsp3) is 0.357. The van der Waals surface area contributed by atoms with Crippen molar-refractivity contribution in [3.05, 3.63) is 30.1 Å². The summed E-state index contributed by atoms with van der Waals surface area (Å²) in [6.45, 7) is 3.89. The normalized spacial score (nSPS) is 15.7. The van der Waals surface area contributed by atoms with E-state index in [0.29, 0.717) is 31.9 Å². The van der Waals surface area contributed by atoms with Crippen molar-refractivity contribution in [1.29, 1.82) is 0 Å². The summed E-state index contributed by atoms with van der Waals surface area (Å²) in [6, 6.07) is 5.50. The van der Waals surface area contributed by atoms with Crippen molar-refractivity contribution >= 4 is 22.8 Å². The third-order valence-electron chi connectivity index (χ3n) is 3.63. The van der Waals surface area contributed by atoms with Crippen LogP contribution in [0.5, 0.6) is 0 Å². The van der Waals surface area contributed by atoms with Crippen LogP contribution in [0.2, 0.25) is 0 Å². The van der Waals surface area contributed by atoms with E-state index < -0.39 is 0 Å². The minimum atomic E-state index is -0.0359. The molecule has 1 aliphatic heterocycles. The first-order chi connectivity index (χ1) is 9.65. The van der Waals surface area contributed by atoms with Crippen molar-refractivity contribution in [3.63, 3.8) is 0 Å². The second-order valence-corrected chi connectivity index (χ2v) is 4.92. The Kier molecular flexibility index (Phi) is 3.14. The molecule has 0 aliphatic carbocycles. The number of nitrogens with one attached hydrogen (secondary N) is 1. The molecule has 0 unspecified atom stereocenters. The minimum absolute atomic E-state index is 0.0359. The summed E-state index contributed by atoms with van der Waals surface area (Å²) in [5, 5.41) is 0. The highest BCUT2D eigenvalue weighted by atomic mass is 16.2. The Morgan fingerprint density at radius 2 is 1.90 bits per heavy atom. The van der Waals surface area contributed by atoms with Crippen molar-refractivity contribution in [2.75, 3.05) is 26.2 Å². The molecule has 1 fully saturated rings. The topological polar surface area (TPSA) is 69.3 Å². The maximum absolute atomic E-state index is 12.4. The minimum Gasteiger partial charge on any atom is -0.349 e. The Bertz CT molecular complexity index is 623. The molecule has 0 saturated carbocycles. The highest BCUT2D eigenvalue weighted by Crippen LogP contribution is 2.14. The highest BCUT2D eigenvalue weighted by molar-refractivity contribution is 5.97. The van der Waals surface area contributed by atoms with Gasteiger partial charge in [0.25, 0.3) is 5.91 Å². The van der Waals surface area contributed by atoms with Crippen LogP contribution in [0, 0.1) is 0 Å². The van der Waals surface area contributed by atoms with Crippen LogP contribution < -0.4 is 0 Å². The molecule has 2 amide bonds. The molecule has 0 spiro atoms. The van der Waals surface area contributed by atoms with Gasteiger partial charge in [-0.15, -0.1) is 0 Å². The van der Waals surface area contributed by atoms with Gasteiger partial charge in [-0.3, -0.25) is 14.6 Å². The van der Waals surface area contributed by atoms with E-state index in [1.54, 1.807) is 29.0 Å². The van der Waals surface area contributed by atoms with Gasteiger partial charge in [0.1, 0.15) is 5.69 Å². The lowest BCUT2D eigenvalue weighted by Crippen LogP contribution is -2.50. The predicted molar refractivity (Wildman–Crippen MR) is 74.3 cm³/mol. The first-order valence-corrected chi connectivity index (χ1v) is 6.63. The fourth-order valence-electron chi connectivity index (χ4n) is 2.47. The number of nitrogens with zero attached hydrogens (tertiary/aromatic N) is 3. The SMILES string of the molecule is CC(=O)N1CCN(C(=O)c2cc3ncccc3[nH]2)CC1. The van der Waals surface area contributed by atoms with Crippen LogP contribution in [0.15, 0.2) is 24.4 Å². The van der Waals surface area contributed by atoms with Gasteiger partial charge in [-0.25, -0.2) is 0 Å². The van der Waals surface area contributed by atoms with E-state index in [2.05, 4.69) is 9.97 Å². The van der Waals surface area contributed by atoms with Crippen LogP contribution in [-0.2, 0) is 4.79 Å². The van der Waals surface area contributed by atoms with Gasteiger partial charge in [0.2, 0.25) is 5.91 Å². The second kappa shape index (κ2) is 4.96. The van der Waals surface area contributed by atoms with Crippen LogP contribution in [0.3, 0.4) is 0 Å². The van der Waals surface area contributed by atoms with Crippen LogP contribution in [-0.4, -0.2) is 57.8 Å². The lowest BCUT2D eigenvalue weighted by molar-refractivity contribution is -0.130. The standard InChI is InChI=1S/C14H16N4O2/c1-10(19)17-5-7-18(8-6-17)14(20)13-9-12-11(16-13)3-2-4-15-12/h2-4,9,16H,5-8H2,1H3. The molecule has 0 atom stereocenters. The average Bonchev–Trinajstić information content (AvgIpc) is 2.90. The van der Waals surface area contributed by atoms with Crippen molar-refractivity contribution in [1.82, 2.24) is 19.8 Å². The zero-order valence-corrected chi connectivity index (χ0v) is 11.3. The molecule has 6 nitrogen and oxygen atoms in total. The maximum Gasteiger partial charge on any atom is 0.270 e. The third-order valence-corrected chi connectivity index (χ3v) is 3.63. The highest BCUT2D eigenvalue weighted by Gasteiger charge is 2.24. The number of fused-ring (bicyclic) bond motifs is 1. The van der Waals surface area contributed by atoms with Gasteiger partial charge in [0.15, 0.2) is 0 Å². The number of rotatable bonds is 1. The molecular formula is C14H16N4O2. The monoisotopic (exact) mass is 272 g/mol. The summed E-state index contributed by atoms with van der Waals surface area (Å²) < 4.78 is 0. The van der Waals surface area contributed by atoms with Gasteiger partial charge < -0.3 is 14.8 Å². The number of hydrogen-bond donors (Lipinski definition) is 1. The Morgan fingerprint density at radius 3 is 2.55 bits per heavy atom. The number of H-pyrrole nitrogens is 1. The van der Waals surface area contributed by atoms with E-state index >= 15 is 0 Å². The van der Waals surface area contributed by atoms with Gasteiger partial charge in [0.05, 0.1) is 11.0 Å². The lowest BCUT2D eigenvalue weighted by atomic mass is 10.2. The zero-order chi connectivity index (χ0) is 14.1. The molecule has 6 heteroatoms. The lowest BCUT2D eigenvalue weighted by Gasteiger charge is -2.33. The Labute approximate surface area is 116 Å². The van der Waals surface area contributed by atoms with Gasteiger partial charge in [-0.1, -0.05) is 0 Å². The quantitative estimate of drug-likeness (QED) is 0.837. The largest absolute Gasteiger partial charge is 0.349 e. The second-order valence-electron chi connectivity index (χ2n) is 4.92. The van der Waals surface area contributed by atoms with Crippen molar-refractivity contribution in [3.8, 4) is 0 Å². The molecule has 1 N–H and O–H groups in total. The molecule has 2 aromatic heterocycles. The van der Waals surface area contributed by atoms with E-state index in [0.717, 1.165) is 11.0 Å². The van der Waals surface area contributed by atoms with Crippen molar-refractivity contribution in [2.45, 2.75) is 6.92 Å². The molecule has 20 heavy (non-hydrogen) atoms. The molecule has 0 aromatic carbocycles. The van der Waals surface area contributed by atoms with E-state index in [1.807, 2.05) is 12.1 Å². The first kappa shape index (κ1) is 12.7. The fourth-order valence-corrected chi connectivity index (χ4v) is 2.47. The van der Waals surface area contributed by atoms with Crippen molar-refractivity contribution < 1.29 is 9.59 Å². The van der Waals surface area contributed by atoms with E-state index in [4.69, 9.17) is 0 Å². The summed E-state index contributed by atoms with van der Waals surface area (Å²) in [5.41, 5.74) is 2.20. The Morgan fingerprint density at radius 1 is 1.20 bits per heavy atom. The molecular weight excluding hydrogens is 256 g/mol. The van der Waals surface area contributed by atoms with Gasteiger partial charge in [-0.2, -0.15) is 0 Å². The number of piperazine rings is 1. The molecule has 0 bridgehead atoms. The molecule has 1 aliphatic rings. The average molecular weight is 272 g/mol. The Balaban J connectivity index is 1.75. The number of hydrogen-bond acceptors (Lipinski definition) is 3.